The van der Waals surface area contributed by atoms with Crippen LogP contribution in [0.2, 0.25) is 0 Å². The van der Waals surface area contributed by atoms with Crippen molar-refractivity contribution in [2.75, 3.05) is 0 Å². The summed E-state index contributed by atoms with van der Waals surface area (Å²) in [6, 6.07) is 7.13. The first-order valence-electron chi connectivity index (χ1n) is 8.19. The van der Waals surface area contributed by atoms with Crippen molar-refractivity contribution >= 4 is 5.91 Å². The van der Waals surface area contributed by atoms with Gasteiger partial charge in [0.05, 0.1) is 6.04 Å². The van der Waals surface area contributed by atoms with Crippen molar-refractivity contribution < 1.29 is 4.79 Å². The lowest BCUT2D eigenvalue weighted by molar-refractivity contribution is -0.120. The van der Waals surface area contributed by atoms with E-state index < -0.39 is 0 Å². The highest BCUT2D eigenvalue weighted by atomic mass is 16.1. The second kappa shape index (κ2) is 5.45. The van der Waals surface area contributed by atoms with Crippen LogP contribution in [0.5, 0.6) is 0 Å². The molecule has 1 spiro atoms. The van der Waals surface area contributed by atoms with Gasteiger partial charge in [0.2, 0.25) is 5.91 Å². The summed E-state index contributed by atoms with van der Waals surface area (Å²) in [6.45, 7) is 3.83. The molecule has 1 aromatic carbocycles. The van der Waals surface area contributed by atoms with E-state index in [1.54, 1.807) is 6.92 Å². The van der Waals surface area contributed by atoms with E-state index in [-0.39, 0.29) is 17.4 Å². The lowest BCUT2D eigenvalue weighted by Crippen LogP contribution is -2.43. The van der Waals surface area contributed by atoms with E-state index in [9.17, 15) is 4.79 Å². The van der Waals surface area contributed by atoms with Crippen LogP contribution in [0.1, 0.15) is 62.3 Å². The van der Waals surface area contributed by atoms with E-state index in [1.807, 2.05) is 0 Å². The van der Waals surface area contributed by atoms with Crippen LogP contribution < -0.4 is 11.1 Å². The maximum absolute atomic E-state index is 11.8. The van der Waals surface area contributed by atoms with E-state index in [0.717, 1.165) is 38.5 Å². The maximum atomic E-state index is 11.8. The fraction of sp³-hybridized carbons (Fsp3) is 0.611. The standard InChI is InChI=1S/C18H26N2O/c1-3-13-5-4-6-14-11-18(9-7-15(19)8-10-18)17(16(13)14)20-12(2)21/h4-6,15,17H,3,7-11,19H2,1-2H3,(H,20,21). The van der Waals surface area contributed by atoms with Crippen molar-refractivity contribution in [2.24, 2.45) is 11.1 Å². The SMILES string of the molecule is CCc1cccc2c1C(NC(C)=O)C1(CCC(N)CC1)C2. The predicted octanol–water partition coefficient (Wildman–Crippen LogP) is 2.87. The smallest absolute Gasteiger partial charge is 0.217 e. The first-order valence-corrected chi connectivity index (χ1v) is 8.19. The van der Waals surface area contributed by atoms with Gasteiger partial charge in [-0.15, -0.1) is 0 Å². The van der Waals surface area contributed by atoms with Gasteiger partial charge in [-0.05, 0) is 60.6 Å². The molecule has 1 fully saturated rings. The minimum atomic E-state index is 0.0769. The molecule has 3 rings (SSSR count). The number of carbonyl (C=O) groups is 1. The van der Waals surface area contributed by atoms with Crippen molar-refractivity contribution in [3.63, 3.8) is 0 Å². The molecule has 0 radical (unpaired) electrons. The van der Waals surface area contributed by atoms with Crippen molar-refractivity contribution in [3.8, 4) is 0 Å². The number of hydrogen-bond acceptors (Lipinski definition) is 2. The van der Waals surface area contributed by atoms with Crippen molar-refractivity contribution in [3.05, 3.63) is 34.9 Å². The van der Waals surface area contributed by atoms with Gasteiger partial charge in [0.15, 0.2) is 0 Å². The second-order valence-electron chi connectivity index (χ2n) is 6.85. The quantitative estimate of drug-likeness (QED) is 0.878. The summed E-state index contributed by atoms with van der Waals surface area (Å²) in [6.07, 6.45) is 6.51. The van der Waals surface area contributed by atoms with Crippen LogP contribution in [-0.4, -0.2) is 11.9 Å². The minimum absolute atomic E-state index is 0.0769. The lowest BCUT2D eigenvalue weighted by Gasteiger charge is -2.41. The van der Waals surface area contributed by atoms with Gasteiger partial charge in [0.25, 0.3) is 0 Å². The van der Waals surface area contributed by atoms with E-state index in [0.29, 0.717) is 6.04 Å². The third-order valence-electron chi connectivity index (χ3n) is 5.48. The summed E-state index contributed by atoms with van der Waals surface area (Å²) in [5, 5.41) is 3.27. The van der Waals surface area contributed by atoms with Gasteiger partial charge in [-0.2, -0.15) is 0 Å². The Morgan fingerprint density at radius 3 is 2.71 bits per heavy atom. The number of aryl methyl sites for hydroxylation is 1. The minimum Gasteiger partial charge on any atom is -0.349 e. The molecule has 1 unspecified atom stereocenters. The molecule has 0 saturated heterocycles. The molecule has 2 aliphatic rings. The number of nitrogens with one attached hydrogen (secondary N) is 1. The van der Waals surface area contributed by atoms with Crippen molar-refractivity contribution in [2.45, 2.75) is 64.5 Å². The zero-order valence-electron chi connectivity index (χ0n) is 13.1. The number of amides is 1. The van der Waals surface area contributed by atoms with Crippen LogP contribution in [0.3, 0.4) is 0 Å². The molecule has 0 heterocycles. The molecule has 114 valence electrons. The van der Waals surface area contributed by atoms with Gasteiger partial charge in [-0.25, -0.2) is 0 Å². The zero-order chi connectivity index (χ0) is 15.0. The molecule has 3 nitrogen and oxygen atoms in total. The zero-order valence-corrected chi connectivity index (χ0v) is 13.1. The molecule has 0 aliphatic heterocycles. The molecule has 1 atom stereocenters. The van der Waals surface area contributed by atoms with Crippen LogP contribution in [0.25, 0.3) is 0 Å². The average molecular weight is 286 g/mol. The highest BCUT2D eigenvalue weighted by Gasteiger charge is 2.48. The Labute approximate surface area is 127 Å². The molecule has 0 aromatic heterocycles. The van der Waals surface area contributed by atoms with Gasteiger partial charge in [0, 0.05) is 13.0 Å². The van der Waals surface area contributed by atoms with E-state index >= 15 is 0 Å². The summed E-state index contributed by atoms with van der Waals surface area (Å²) in [5.74, 6) is 0.0769. The Bertz CT molecular complexity index is 544. The largest absolute Gasteiger partial charge is 0.349 e. The van der Waals surface area contributed by atoms with E-state index in [1.165, 1.54) is 16.7 Å². The Kier molecular flexibility index (Phi) is 3.78. The van der Waals surface area contributed by atoms with Gasteiger partial charge < -0.3 is 11.1 Å². The second-order valence-corrected chi connectivity index (χ2v) is 6.85. The normalized spacial score (nSPS) is 31.2. The lowest BCUT2D eigenvalue weighted by atomic mass is 9.68. The number of benzene rings is 1. The molecule has 1 saturated carbocycles. The fourth-order valence-corrected chi connectivity index (χ4v) is 4.40. The molecule has 21 heavy (non-hydrogen) atoms. The summed E-state index contributed by atoms with van der Waals surface area (Å²) < 4.78 is 0. The van der Waals surface area contributed by atoms with Gasteiger partial charge in [0.1, 0.15) is 0 Å². The Hall–Kier alpha value is -1.35. The van der Waals surface area contributed by atoms with Crippen LogP contribution in [0, 0.1) is 5.41 Å². The average Bonchev–Trinajstić information content (AvgIpc) is 2.76. The van der Waals surface area contributed by atoms with Crippen LogP contribution in [0.4, 0.5) is 0 Å². The molecular weight excluding hydrogens is 260 g/mol. The molecule has 2 aliphatic carbocycles. The maximum Gasteiger partial charge on any atom is 0.217 e. The number of hydrogen-bond donors (Lipinski definition) is 2. The fourth-order valence-electron chi connectivity index (χ4n) is 4.40. The molecule has 0 bridgehead atoms. The van der Waals surface area contributed by atoms with Gasteiger partial charge in [-0.1, -0.05) is 25.1 Å². The predicted molar refractivity (Wildman–Crippen MR) is 85.0 cm³/mol. The molecule has 3 N–H and O–H groups in total. The molecule has 3 heteroatoms. The van der Waals surface area contributed by atoms with Gasteiger partial charge >= 0.3 is 0 Å². The first kappa shape index (κ1) is 14.6. The number of carbonyl (C=O) groups excluding carboxylic acids is 1. The Morgan fingerprint density at radius 1 is 1.38 bits per heavy atom. The van der Waals surface area contributed by atoms with Crippen LogP contribution in [-0.2, 0) is 17.6 Å². The summed E-state index contributed by atoms with van der Waals surface area (Å²) >= 11 is 0. The third kappa shape index (κ3) is 2.48. The number of rotatable bonds is 2. The monoisotopic (exact) mass is 286 g/mol. The van der Waals surface area contributed by atoms with E-state index in [4.69, 9.17) is 5.73 Å². The first-order chi connectivity index (χ1) is 10.1. The highest BCUT2D eigenvalue weighted by molar-refractivity contribution is 5.74. The molecule has 1 aromatic rings. The van der Waals surface area contributed by atoms with Crippen molar-refractivity contribution in [1.29, 1.82) is 0 Å². The van der Waals surface area contributed by atoms with Crippen LogP contribution >= 0.6 is 0 Å². The number of fused-ring (bicyclic) bond motifs is 1. The molecule has 1 amide bonds. The highest BCUT2D eigenvalue weighted by Crippen LogP contribution is 2.54. The Morgan fingerprint density at radius 2 is 2.10 bits per heavy atom. The number of nitrogens with two attached hydrogens (primary N) is 1. The third-order valence-corrected chi connectivity index (χ3v) is 5.48. The van der Waals surface area contributed by atoms with Gasteiger partial charge in [-0.3, -0.25) is 4.79 Å². The Balaban J connectivity index is 2.02. The van der Waals surface area contributed by atoms with E-state index in [2.05, 4.69) is 30.4 Å². The topological polar surface area (TPSA) is 55.1 Å². The molecular formula is C18H26N2O. The van der Waals surface area contributed by atoms with Crippen molar-refractivity contribution in [1.82, 2.24) is 5.32 Å². The van der Waals surface area contributed by atoms with Crippen LogP contribution in [0.15, 0.2) is 18.2 Å². The summed E-state index contributed by atoms with van der Waals surface area (Å²) in [5.41, 5.74) is 10.5. The summed E-state index contributed by atoms with van der Waals surface area (Å²) in [7, 11) is 0. The summed E-state index contributed by atoms with van der Waals surface area (Å²) in [4.78, 5) is 11.8.